The average molecular weight is 274 g/mol. The smallest absolute Gasteiger partial charge is 0.336 e. The lowest BCUT2D eigenvalue weighted by Crippen LogP contribution is -2.14. The summed E-state index contributed by atoms with van der Waals surface area (Å²) >= 11 is 0. The molecule has 0 spiro atoms. The minimum atomic E-state index is -1.09. The second-order valence-electron chi connectivity index (χ2n) is 4.14. The van der Waals surface area contributed by atoms with Crippen LogP contribution in [0, 0.1) is 12.7 Å². The number of hydrogen-bond donors (Lipinski definition) is 2. The van der Waals surface area contributed by atoms with Gasteiger partial charge in [0.2, 0.25) is 0 Å². The number of nitrogens with one attached hydrogen (secondary N) is 1. The van der Waals surface area contributed by atoms with E-state index in [1.165, 1.54) is 18.3 Å². The highest BCUT2D eigenvalue weighted by atomic mass is 19.1. The maximum Gasteiger partial charge on any atom is 0.336 e. The molecule has 0 fully saturated rings. The van der Waals surface area contributed by atoms with Crippen molar-refractivity contribution in [2.24, 2.45) is 0 Å². The molecular weight excluding hydrogens is 263 g/mol. The van der Waals surface area contributed by atoms with Gasteiger partial charge in [-0.1, -0.05) is 6.07 Å². The highest BCUT2D eigenvalue weighted by molar-refractivity contribution is 6.05. The molecule has 2 aromatic rings. The molecule has 0 saturated carbocycles. The monoisotopic (exact) mass is 274 g/mol. The van der Waals surface area contributed by atoms with Crippen molar-refractivity contribution < 1.29 is 19.1 Å². The van der Waals surface area contributed by atoms with Gasteiger partial charge < -0.3 is 10.4 Å². The summed E-state index contributed by atoms with van der Waals surface area (Å²) in [6, 6.07) is 5.70. The number of carbonyl (C=O) groups is 2. The number of carboxylic acid groups (broad SMARTS) is 1. The van der Waals surface area contributed by atoms with E-state index in [1.807, 2.05) is 0 Å². The number of rotatable bonds is 3. The van der Waals surface area contributed by atoms with Crippen molar-refractivity contribution in [1.82, 2.24) is 4.98 Å². The molecule has 1 heterocycles. The van der Waals surface area contributed by atoms with E-state index < -0.39 is 17.7 Å². The van der Waals surface area contributed by atoms with Crippen molar-refractivity contribution in [1.29, 1.82) is 0 Å². The zero-order chi connectivity index (χ0) is 14.7. The molecule has 0 aliphatic carbocycles. The number of aryl methyl sites for hydroxylation is 1. The molecule has 0 unspecified atom stereocenters. The molecule has 102 valence electrons. The van der Waals surface area contributed by atoms with Crippen LogP contribution in [0.3, 0.4) is 0 Å². The van der Waals surface area contributed by atoms with Gasteiger partial charge in [-0.15, -0.1) is 0 Å². The fraction of sp³-hybridized carbons (Fsp3) is 0.0714. The topological polar surface area (TPSA) is 79.3 Å². The van der Waals surface area contributed by atoms with Crippen LogP contribution in [-0.4, -0.2) is 22.0 Å². The molecule has 2 rings (SSSR count). The number of hydrogen-bond acceptors (Lipinski definition) is 3. The van der Waals surface area contributed by atoms with Crippen molar-refractivity contribution in [3.8, 4) is 0 Å². The number of aromatic carboxylic acids is 1. The quantitative estimate of drug-likeness (QED) is 0.901. The molecule has 5 nitrogen and oxygen atoms in total. The predicted octanol–water partition coefficient (Wildman–Crippen LogP) is 2.48. The average Bonchev–Trinajstić information content (AvgIpc) is 2.41. The van der Waals surface area contributed by atoms with E-state index >= 15 is 0 Å². The van der Waals surface area contributed by atoms with Gasteiger partial charge in [0.1, 0.15) is 0 Å². The fourth-order valence-corrected chi connectivity index (χ4v) is 1.69. The van der Waals surface area contributed by atoms with Crippen LogP contribution in [-0.2, 0) is 0 Å². The molecule has 6 heteroatoms. The molecule has 0 bridgehead atoms. The first-order chi connectivity index (χ1) is 9.49. The van der Waals surface area contributed by atoms with Crippen molar-refractivity contribution in [3.63, 3.8) is 0 Å². The maximum atomic E-state index is 13.4. The summed E-state index contributed by atoms with van der Waals surface area (Å²) in [5.74, 6) is -2.49. The number of anilines is 1. The largest absolute Gasteiger partial charge is 0.478 e. The lowest BCUT2D eigenvalue weighted by molar-refractivity contribution is 0.0695. The minimum Gasteiger partial charge on any atom is -0.478 e. The summed E-state index contributed by atoms with van der Waals surface area (Å²) in [5, 5.41) is 11.5. The van der Waals surface area contributed by atoms with Gasteiger partial charge in [-0.05, 0) is 30.7 Å². The fourth-order valence-electron chi connectivity index (χ4n) is 1.69. The number of carbonyl (C=O) groups excluding carboxylic acids is 1. The Balaban J connectivity index is 2.27. The van der Waals surface area contributed by atoms with Crippen LogP contribution >= 0.6 is 0 Å². The van der Waals surface area contributed by atoms with E-state index in [0.717, 1.165) is 6.20 Å². The molecule has 0 aliphatic heterocycles. The van der Waals surface area contributed by atoms with E-state index in [2.05, 4.69) is 10.3 Å². The van der Waals surface area contributed by atoms with Crippen molar-refractivity contribution in [3.05, 3.63) is 59.2 Å². The third-order valence-corrected chi connectivity index (χ3v) is 2.74. The zero-order valence-electron chi connectivity index (χ0n) is 10.6. The molecular formula is C14H11FN2O3. The molecule has 0 saturated heterocycles. The van der Waals surface area contributed by atoms with Gasteiger partial charge in [0.25, 0.3) is 5.91 Å². The Labute approximate surface area is 114 Å². The van der Waals surface area contributed by atoms with E-state index in [9.17, 15) is 14.0 Å². The van der Waals surface area contributed by atoms with Crippen LogP contribution in [0.25, 0.3) is 0 Å². The Morgan fingerprint density at radius 2 is 2.00 bits per heavy atom. The number of aromatic nitrogens is 1. The molecule has 1 amide bonds. The number of halogens is 1. The molecule has 0 radical (unpaired) electrons. The van der Waals surface area contributed by atoms with E-state index in [4.69, 9.17) is 5.11 Å². The predicted molar refractivity (Wildman–Crippen MR) is 70.3 cm³/mol. The first-order valence-corrected chi connectivity index (χ1v) is 5.74. The SMILES string of the molecule is Cc1ccc(NC(=O)c2ccncc2F)cc1C(=O)O. The molecule has 1 aromatic heterocycles. The molecule has 1 aromatic carbocycles. The Hall–Kier alpha value is -2.76. The number of pyridine rings is 1. The Bertz CT molecular complexity index is 686. The summed E-state index contributed by atoms with van der Waals surface area (Å²) in [4.78, 5) is 26.4. The first kappa shape index (κ1) is 13.7. The van der Waals surface area contributed by atoms with Gasteiger partial charge in [-0.25, -0.2) is 9.18 Å². The van der Waals surface area contributed by atoms with Crippen LogP contribution in [0.2, 0.25) is 0 Å². The number of carboxylic acids is 1. The molecule has 0 aliphatic rings. The highest BCUT2D eigenvalue weighted by Crippen LogP contribution is 2.17. The second-order valence-corrected chi connectivity index (χ2v) is 4.14. The van der Waals surface area contributed by atoms with Gasteiger partial charge in [-0.3, -0.25) is 9.78 Å². The van der Waals surface area contributed by atoms with Crippen molar-refractivity contribution in [2.45, 2.75) is 6.92 Å². The summed E-state index contributed by atoms with van der Waals surface area (Å²) in [5.41, 5.74) is 0.787. The van der Waals surface area contributed by atoms with Gasteiger partial charge >= 0.3 is 5.97 Å². The lowest BCUT2D eigenvalue weighted by atomic mass is 10.1. The standard InChI is InChI=1S/C14H11FN2O3/c1-8-2-3-9(6-11(8)14(19)20)17-13(18)10-4-5-16-7-12(10)15/h2-7H,1H3,(H,17,18)(H,19,20). The van der Waals surface area contributed by atoms with Gasteiger partial charge in [0.05, 0.1) is 17.3 Å². The highest BCUT2D eigenvalue weighted by Gasteiger charge is 2.13. The van der Waals surface area contributed by atoms with E-state index in [1.54, 1.807) is 19.1 Å². The van der Waals surface area contributed by atoms with Crippen molar-refractivity contribution in [2.75, 3.05) is 5.32 Å². The van der Waals surface area contributed by atoms with Crippen LogP contribution in [0.1, 0.15) is 26.3 Å². The second kappa shape index (κ2) is 5.48. The summed E-state index contributed by atoms with van der Waals surface area (Å²) < 4.78 is 13.4. The normalized spacial score (nSPS) is 10.1. The third kappa shape index (κ3) is 2.80. The van der Waals surface area contributed by atoms with E-state index in [-0.39, 0.29) is 16.8 Å². The van der Waals surface area contributed by atoms with Gasteiger partial charge in [-0.2, -0.15) is 0 Å². The molecule has 0 atom stereocenters. The maximum absolute atomic E-state index is 13.4. The summed E-state index contributed by atoms with van der Waals surface area (Å²) in [6.07, 6.45) is 2.24. The zero-order valence-corrected chi connectivity index (χ0v) is 10.6. The van der Waals surface area contributed by atoms with Gasteiger partial charge in [0.15, 0.2) is 5.82 Å². The van der Waals surface area contributed by atoms with Crippen molar-refractivity contribution >= 4 is 17.6 Å². The summed E-state index contributed by atoms with van der Waals surface area (Å²) in [6.45, 7) is 1.65. The number of amides is 1. The van der Waals surface area contributed by atoms with E-state index in [0.29, 0.717) is 5.56 Å². The van der Waals surface area contributed by atoms with Crippen LogP contribution in [0.15, 0.2) is 36.7 Å². The first-order valence-electron chi connectivity index (χ1n) is 5.74. The number of nitrogens with zero attached hydrogens (tertiary/aromatic N) is 1. The Kier molecular flexibility index (Phi) is 3.74. The lowest BCUT2D eigenvalue weighted by Gasteiger charge is -2.08. The van der Waals surface area contributed by atoms with Crippen LogP contribution in [0.5, 0.6) is 0 Å². The minimum absolute atomic E-state index is 0.0815. The summed E-state index contributed by atoms with van der Waals surface area (Å²) in [7, 11) is 0. The number of benzene rings is 1. The Morgan fingerprint density at radius 3 is 2.65 bits per heavy atom. The van der Waals surface area contributed by atoms with Crippen LogP contribution in [0.4, 0.5) is 10.1 Å². The molecule has 20 heavy (non-hydrogen) atoms. The molecule has 2 N–H and O–H groups in total. The Morgan fingerprint density at radius 1 is 1.25 bits per heavy atom. The van der Waals surface area contributed by atoms with Gasteiger partial charge in [0, 0.05) is 11.9 Å². The third-order valence-electron chi connectivity index (χ3n) is 2.74. The van der Waals surface area contributed by atoms with Crippen LogP contribution < -0.4 is 5.32 Å².